The minimum Gasteiger partial charge on any atom is -0.480 e. The Labute approximate surface area is 133 Å². The minimum absolute atomic E-state index is 0.105. The van der Waals surface area contributed by atoms with Crippen LogP contribution in [0, 0.1) is 18.8 Å². The van der Waals surface area contributed by atoms with Crippen molar-refractivity contribution < 1.29 is 19.4 Å². The average molecular weight is 324 g/mol. The number of methoxy groups -OCH3 is 1. The van der Waals surface area contributed by atoms with Gasteiger partial charge in [-0.05, 0) is 31.6 Å². The van der Waals surface area contributed by atoms with E-state index in [4.69, 9.17) is 4.74 Å². The maximum atomic E-state index is 12.8. The Balaban J connectivity index is 1.86. The molecule has 1 aromatic rings. The van der Waals surface area contributed by atoms with Crippen LogP contribution in [-0.4, -0.2) is 46.6 Å². The molecule has 0 bridgehead atoms. The number of hydrogen-bond donors (Lipinski definition) is 1. The molecule has 2 heterocycles. The van der Waals surface area contributed by atoms with Crippen LogP contribution in [-0.2, 0) is 16.1 Å². The molecule has 120 valence electrons. The second kappa shape index (κ2) is 5.96. The first-order chi connectivity index (χ1) is 10.5. The van der Waals surface area contributed by atoms with E-state index in [1.54, 1.807) is 18.9 Å². The lowest BCUT2D eigenvalue weighted by atomic mass is 9.94. The molecule has 1 amide bonds. The number of rotatable bonds is 4. The van der Waals surface area contributed by atoms with E-state index >= 15 is 0 Å². The molecule has 0 spiro atoms. The number of aliphatic carboxylic acids is 1. The van der Waals surface area contributed by atoms with Gasteiger partial charge in [-0.3, -0.25) is 4.79 Å². The van der Waals surface area contributed by atoms with Gasteiger partial charge in [-0.1, -0.05) is 6.42 Å². The van der Waals surface area contributed by atoms with Gasteiger partial charge < -0.3 is 14.7 Å². The number of carbonyl (C=O) groups is 2. The Bertz CT molecular complexity index is 600. The highest BCUT2D eigenvalue weighted by molar-refractivity contribution is 7.13. The molecule has 0 radical (unpaired) electrons. The number of carbonyl (C=O) groups excluding carboxylic acids is 1. The lowest BCUT2D eigenvalue weighted by Crippen LogP contribution is -2.43. The molecule has 0 unspecified atom stereocenters. The molecule has 6 nitrogen and oxygen atoms in total. The molecule has 2 fully saturated rings. The van der Waals surface area contributed by atoms with Gasteiger partial charge >= 0.3 is 5.97 Å². The third kappa shape index (κ3) is 2.52. The molecular weight excluding hydrogens is 304 g/mol. The third-order valence-corrected chi connectivity index (χ3v) is 5.83. The Morgan fingerprint density at radius 3 is 2.91 bits per heavy atom. The fraction of sp³-hybridized carbons (Fsp3) is 0.667. The van der Waals surface area contributed by atoms with Gasteiger partial charge in [-0.2, -0.15) is 0 Å². The fourth-order valence-corrected chi connectivity index (χ4v) is 4.79. The van der Waals surface area contributed by atoms with E-state index in [-0.39, 0.29) is 11.8 Å². The van der Waals surface area contributed by atoms with Gasteiger partial charge in [0.05, 0.1) is 12.3 Å². The minimum atomic E-state index is -0.887. The van der Waals surface area contributed by atoms with Crippen LogP contribution in [0.4, 0.5) is 0 Å². The molecule has 3 rings (SSSR count). The van der Waals surface area contributed by atoms with E-state index in [1.165, 1.54) is 11.3 Å². The van der Waals surface area contributed by atoms with Crippen LogP contribution in [0.15, 0.2) is 0 Å². The summed E-state index contributed by atoms with van der Waals surface area (Å²) >= 11 is 1.30. The number of amides is 1. The van der Waals surface area contributed by atoms with Crippen LogP contribution in [0.25, 0.3) is 0 Å². The lowest BCUT2D eigenvalue weighted by Gasteiger charge is -2.24. The number of aryl methyl sites for hydroxylation is 1. The second-order valence-electron chi connectivity index (χ2n) is 6.05. The summed E-state index contributed by atoms with van der Waals surface area (Å²) in [5, 5.41) is 10.3. The summed E-state index contributed by atoms with van der Waals surface area (Å²) in [5.74, 6) is -0.647. The van der Waals surface area contributed by atoms with Gasteiger partial charge in [0.2, 0.25) is 0 Å². The van der Waals surface area contributed by atoms with Crippen molar-refractivity contribution in [2.75, 3.05) is 13.7 Å². The predicted octanol–water partition coefficient (Wildman–Crippen LogP) is 1.92. The summed E-state index contributed by atoms with van der Waals surface area (Å²) in [6, 6.07) is -0.688. The molecule has 0 aromatic carbocycles. The van der Waals surface area contributed by atoms with Gasteiger partial charge in [0.1, 0.15) is 15.9 Å². The number of aromatic nitrogens is 1. The number of hydrogen-bond acceptors (Lipinski definition) is 5. The highest BCUT2D eigenvalue weighted by atomic mass is 32.1. The summed E-state index contributed by atoms with van der Waals surface area (Å²) in [7, 11) is 1.58. The van der Waals surface area contributed by atoms with E-state index < -0.39 is 12.0 Å². The van der Waals surface area contributed by atoms with Crippen molar-refractivity contribution in [3.05, 3.63) is 15.6 Å². The van der Waals surface area contributed by atoms with Gasteiger partial charge in [0, 0.05) is 13.7 Å². The van der Waals surface area contributed by atoms with Crippen LogP contribution >= 0.6 is 11.3 Å². The molecule has 1 saturated heterocycles. The molecule has 7 heteroatoms. The Kier molecular flexibility index (Phi) is 4.18. The molecule has 22 heavy (non-hydrogen) atoms. The molecule has 1 aliphatic carbocycles. The number of ether oxygens (including phenoxy) is 1. The van der Waals surface area contributed by atoms with E-state index in [2.05, 4.69) is 4.98 Å². The van der Waals surface area contributed by atoms with Crippen LogP contribution in [0.1, 0.15) is 39.6 Å². The average Bonchev–Trinajstić information content (AvgIpc) is 3.11. The molecule has 1 N–H and O–H groups in total. The fourth-order valence-electron chi connectivity index (χ4n) is 3.80. The van der Waals surface area contributed by atoms with Crippen molar-refractivity contribution in [1.29, 1.82) is 0 Å². The summed E-state index contributed by atoms with van der Waals surface area (Å²) in [6.45, 7) is 2.71. The molecule has 1 saturated carbocycles. The van der Waals surface area contributed by atoms with Crippen LogP contribution in [0.5, 0.6) is 0 Å². The van der Waals surface area contributed by atoms with Gasteiger partial charge in [0.15, 0.2) is 0 Å². The monoisotopic (exact) mass is 324 g/mol. The van der Waals surface area contributed by atoms with E-state index in [9.17, 15) is 14.7 Å². The van der Waals surface area contributed by atoms with Crippen molar-refractivity contribution in [3.8, 4) is 0 Å². The van der Waals surface area contributed by atoms with Gasteiger partial charge in [0.25, 0.3) is 5.91 Å². The van der Waals surface area contributed by atoms with Crippen molar-refractivity contribution in [3.63, 3.8) is 0 Å². The normalized spacial score (nSPS) is 27.2. The standard InChI is InChI=1S/C15H20N2O4S/c1-8-13(22-11(16-8)7-21-2)14(18)17-6-9-4-3-5-10(9)12(17)15(19)20/h9-10,12H,3-7H2,1-2H3,(H,19,20)/t9-,10+,12-/m0/s1. The molecule has 1 aliphatic heterocycles. The van der Waals surface area contributed by atoms with Crippen molar-refractivity contribution in [2.24, 2.45) is 11.8 Å². The lowest BCUT2D eigenvalue weighted by molar-refractivity contribution is -0.142. The Morgan fingerprint density at radius 1 is 1.45 bits per heavy atom. The largest absolute Gasteiger partial charge is 0.480 e. The van der Waals surface area contributed by atoms with Crippen LogP contribution in [0.3, 0.4) is 0 Å². The molecule has 1 aromatic heterocycles. The Morgan fingerprint density at radius 2 is 2.23 bits per heavy atom. The first-order valence-electron chi connectivity index (χ1n) is 7.52. The topological polar surface area (TPSA) is 79.7 Å². The summed E-state index contributed by atoms with van der Waals surface area (Å²) < 4.78 is 5.05. The van der Waals surface area contributed by atoms with Crippen LogP contribution in [0.2, 0.25) is 0 Å². The number of nitrogens with zero attached hydrogens (tertiary/aromatic N) is 2. The zero-order chi connectivity index (χ0) is 15.9. The van der Waals surface area contributed by atoms with Gasteiger partial charge in [-0.25, -0.2) is 9.78 Å². The third-order valence-electron chi connectivity index (χ3n) is 4.71. The summed E-state index contributed by atoms with van der Waals surface area (Å²) in [6.07, 6.45) is 3.00. The first-order valence-corrected chi connectivity index (χ1v) is 8.33. The van der Waals surface area contributed by atoms with Crippen LogP contribution < -0.4 is 0 Å². The quantitative estimate of drug-likeness (QED) is 0.915. The number of carboxylic acid groups (broad SMARTS) is 1. The smallest absolute Gasteiger partial charge is 0.326 e. The molecule has 3 atom stereocenters. The SMILES string of the molecule is COCc1nc(C)c(C(=O)N2C[C@@H]3CCC[C@H]3[C@H]2C(=O)O)s1. The van der Waals surface area contributed by atoms with E-state index in [1.807, 2.05) is 0 Å². The summed E-state index contributed by atoms with van der Waals surface area (Å²) in [5.41, 5.74) is 0.656. The number of thiazole rings is 1. The second-order valence-corrected chi connectivity index (χ2v) is 7.13. The number of likely N-dealkylation sites (tertiary alicyclic amines) is 1. The summed E-state index contributed by atoms with van der Waals surface area (Å²) in [4.78, 5) is 30.9. The predicted molar refractivity (Wildman–Crippen MR) is 80.9 cm³/mol. The maximum Gasteiger partial charge on any atom is 0.326 e. The maximum absolute atomic E-state index is 12.8. The molecular formula is C15H20N2O4S. The zero-order valence-electron chi connectivity index (χ0n) is 12.7. The highest BCUT2D eigenvalue weighted by Gasteiger charge is 2.50. The number of carboxylic acids is 1. The molecule has 2 aliphatic rings. The van der Waals surface area contributed by atoms with Gasteiger partial charge in [-0.15, -0.1) is 11.3 Å². The van der Waals surface area contributed by atoms with Crippen molar-refractivity contribution >= 4 is 23.2 Å². The van der Waals surface area contributed by atoms with Crippen molar-refractivity contribution in [2.45, 2.75) is 38.8 Å². The first kappa shape index (κ1) is 15.4. The van der Waals surface area contributed by atoms with Crippen molar-refractivity contribution in [1.82, 2.24) is 9.88 Å². The van der Waals surface area contributed by atoms with E-state index in [0.717, 1.165) is 24.3 Å². The number of fused-ring (bicyclic) bond motifs is 1. The van der Waals surface area contributed by atoms with E-state index in [0.29, 0.717) is 29.6 Å². The zero-order valence-corrected chi connectivity index (χ0v) is 13.6. The Hall–Kier alpha value is -1.47. The highest BCUT2D eigenvalue weighted by Crippen LogP contribution is 2.43.